The van der Waals surface area contributed by atoms with Crippen LogP contribution in [0.4, 0.5) is 0 Å². The van der Waals surface area contributed by atoms with Gasteiger partial charge in [0.05, 0.1) is 5.92 Å². The summed E-state index contributed by atoms with van der Waals surface area (Å²) in [6.45, 7) is 7.54. The van der Waals surface area contributed by atoms with Gasteiger partial charge in [0.2, 0.25) is 0 Å². The molecule has 0 saturated carbocycles. The summed E-state index contributed by atoms with van der Waals surface area (Å²) in [4.78, 5) is 11.8. The molecule has 0 aromatic heterocycles. The van der Waals surface area contributed by atoms with Crippen molar-refractivity contribution in [2.24, 2.45) is 11.8 Å². The standard InChI is InChI=1S/C14H18O2/c1-3-9-14(10-4-2)12-8-6-5-7-11(12)13(15)16-14/h3-6,11-12H,1-2,7-10H2/t11-,12-/m0/s1. The molecule has 2 heteroatoms. The first-order valence-electron chi connectivity index (χ1n) is 5.83. The first kappa shape index (κ1) is 11.2. The van der Waals surface area contributed by atoms with Gasteiger partial charge in [-0.05, 0) is 12.8 Å². The van der Waals surface area contributed by atoms with Crippen LogP contribution in [0.2, 0.25) is 0 Å². The van der Waals surface area contributed by atoms with Crippen molar-refractivity contribution >= 4 is 5.97 Å². The van der Waals surface area contributed by atoms with Gasteiger partial charge >= 0.3 is 5.97 Å². The molecule has 0 amide bonds. The van der Waals surface area contributed by atoms with Crippen LogP contribution in [0.15, 0.2) is 37.5 Å². The predicted molar refractivity (Wildman–Crippen MR) is 63.8 cm³/mol. The van der Waals surface area contributed by atoms with Gasteiger partial charge in [-0.1, -0.05) is 24.3 Å². The fourth-order valence-electron chi connectivity index (χ4n) is 2.97. The molecule has 0 aromatic carbocycles. The molecule has 1 fully saturated rings. The third kappa shape index (κ3) is 1.62. The maximum absolute atomic E-state index is 11.8. The van der Waals surface area contributed by atoms with Gasteiger partial charge in [0.15, 0.2) is 0 Å². The van der Waals surface area contributed by atoms with Gasteiger partial charge in [0, 0.05) is 18.8 Å². The first-order valence-corrected chi connectivity index (χ1v) is 5.83. The van der Waals surface area contributed by atoms with E-state index in [1.54, 1.807) is 0 Å². The van der Waals surface area contributed by atoms with Crippen LogP contribution in [0.5, 0.6) is 0 Å². The molecule has 2 aliphatic rings. The number of carbonyl (C=O) groups excluding carboxylic acids is 1. The molecule has 0 bridgehead atoms. The highest BCUT2D eigenvalue weighted by Gasteiger charge is 2.53. The second-order valence-electron chi connectivity index (χ2n) is 4.63. The summed E-state index contributed by atoms with van der Waals surface area (Å²) in [5, 5.41) is 0. The van der Waals surface area contributed by atoms with E-state index in [-0.39, 0.29) is 17.5 Å². The van der Waals surface area contributed by atoms with Crippen molar-refractivity contribution < 1.29 is 9.53 Å². The average molecular weight is 218 g/mol. The Hall–Kier alpha value is -1.31. The molecule has 2 atom stereocenters. The highest BCUT2D eigenvalue weighted by Crippen LogP contribution is 2.47. The molecule has 0 unspecified atom stereocenters. The number of carbonyl (C=O) groups is 1. The summed E-state index contributed by atoms with van der Waals surface area (Å²) in [5.41, 5.74) is -0.379. The highest BCUT2D eigenvalue weighted by molar-refractivity contribution is 5.76. The Morgan fingerprint density at radius 3 is 2.56 bits per heavy atom. The lowest BCUT2D eigenvalue weighted by Crippen LogP contribution is -2.36. The van der Waals surface area contributed by atoms with E-state index in [1.165, 1.54) is 0 Å². The van der Waals surface area contributed by atoms with E-state index in [0.29, 0.717) is 5.92 Å². The van der Waals surface area contributed by atoms with Crippen molar-refractivity contribution in [1.29, 1.82) is 0 Å². The Kier molecular flexibility index (Phi) is 2.99. The molecule has 1 heterocycles. The van der Waals surface area contributed by atoms with Crippen molar-refractivity contribution in [1.82, 2.24) is 0 Å². The molecular formula is C14H18O2. The molecule has 1 aliphatic carbocycles. The quantitative estimate of drug-likeness (QED) is 0.535. The molecule has 2 rings (SSSR count). The van der Waals surface area contributed by atoms with E-state index < -0.39 is 0 Å². The van der Waals surface area contributed by atoms with Crippen LogP contribution < -0.4 is 0 Å². The number of cyclic esters (lactones) is 1. The molecule has 0 aromatic rings. The Balaban J connectivity index is 2.30. The van der Waals surface area contributed by atoms with Crippen LogP contribution >= 0.6 is 0 Å². The van der Waals surface area contributed by atoms with Crippen molar-refractivity contribution in [3.8, 4) is 0 Å². The molecule has 0 radical (unpaired) electrons. The van der Waals surface area contributed by atoms with Gasteiger partial charge in [-0.15, -0.1) is 13.2 Å². The normalized spacial score (nSPS) is 30.6. The third-order valence-electron chi connectivity index (χ3n) is 3.69. The lowest BCUT2D eigenvalue weighted by atomic mass is 9.72. The largest absolute Gasteiger partial charge is 0.458 e. The van der Waals surface area contributed by atoms with Gasteiger partial charge < -0.3 is 4.74 Å². The van der Waals surface area contributed by atoms with Gasteiger partial charge in [-0.25, -0.2) is 0 Å². The van der Waals surface area contributed by atoms with Crippen molar-refractivity contribution in [3.05, 3.63) is 37.5 Å². The zero-order chi connectivity index (χ0) is 11.6. The van der Waals surface area contributed by atoms with Crippen LogP contribution in [0.1, 0.15) is 25.7 Å². The van der Waals surface area contributed by atoms with E-state index in [4.69, 9.17) is 4.74 Å². The molecule has 16 heavy (non-hydrogen) atoms. The number of esters is 1. The van der Waals surface area contributed by atoms with Gasteiger partial charge in [0.25, 0.3) is 0 Å². The van der Waals surface area contributed by atoms with Crippen LogP contribution in [-0.4, -0.2) is 11.6 Å². The van der Waals surface area contributed by atoms with E-state index in [2.05, 4.69) is 25.3 Å². The third-order valence-corrected chi connectivity index (χ3v) is 3.69. The van der Waals surface area contributed by atoms with E-state index in [1.807, 2.05) is 12.2 Å². The number of fused-ring (bicyclic) bond motifs is 1. The maximum Gasteiger partial charge on any atom is 0.310 e. The Bertz CT molecular complexity index is 331. The summed E-state index contributed by atoms with van der Waals surface area (Å²) < 4.78 is 5.66. The summed E-state index contributed by atoms with van der Waals surface area (Å²) >= 11 is 0. The van der Waals surface area contributed by atoms with Crippen molar-refractivity contribution in [3.63, 3.8) is 0 Å². The van der Waals surface area contributed by atoms with E-state index >= 15 is 0 Å². The van der Waals surface area contributed by atoms with Crippen LogP contribution in [0.3, 0.4) is 0 Å². The zero-order valence-corrected chi connectivity index (χ0v) is 9.52. The highest BCUT2D eigenvalue weighted by atomic mass is 16.6. The number of ether oxygens (including phenoxy) is 1. The summed E-state index contributed by atoms with van der Waals surface area (Å²) in [5.74, 6) is 0.295. The Labute approximate surface area is 96.7 Å². The smallest absolute Gasteiger partial charge is 0.310 e. The summed E-state index contributed by atoms with van der Waals surface area (Å²) in [7, 11) is 0. The number of hydrogen-bond donors (Lipinski definition) is 0. The van der Waals surface area contributed by atoms with Gasteiger partial charge in [0.1, 0.15) is 5.60 Å². The molecule has 1 aliphatic heterocycles. The predicted octanol–water partition coefficient (Wildman–Crippen LogP) is 3.02. The van der Waals surface area contributed by atoms with Gasteiger partial charge in [-0.3, -0.25) is 4.79 Å². The fraction of sp³-hybridized carbons (Fsp3) is 0.500. The Morgan fingerprint density at radius 1 is 1.31 bits per heavy atom. The lowest BCUT2D eigenvalue weighted by Gasteiger charge is -2.33. The number of allylic oxidation sites excluding steroid dienone is 2. The second-order valence-corrected chi connectivity index (χ2v) is 4.63. The second kappa shape index (κ2) is 4.28. The lowest BCUT2D eigenvalue weighted by molar-refractivity contribution is -0.150. The monoisotopic (exact) mass is 218 g/mol. The number of hydrogen-bond acceptors (Lipinski definition) is 2. The summed E-state index contributed by atoms with van der Waals surface area (Å²) in [6, 6.07) is 0. The van der Waals surface area contributed by atoms with Crippen molar-refractivity contribution in [2.75, 3.05) is 0 Å². The topological polar surface area (TPSA) is 26.3 Å². The summed E-state index contributed by atoms with van der Waals surface area (Å²) in [6.07, 6.45) is 11.1. The van der Waals surface area contributed by atoms with Crippen molar-refractivity contribution in [2.45, 2.75) is 31.3 Å². The SMILES string of the molecule is C=CCC1(CC=C)OC(=O)[C@H]2CC=CC[C@@H]21. The van der Waals surface area contributed by atoms with Crippen LogP contribution in [-0.2, 0) is 9.53 Å². The first-order chi connectivity index (χ1) is 7.73. The molecule has 0 N–H and O–H groups in total. The van der Waals surface area contributed by atoms with Crippen LogP contribution in [0, 0.1) is 11.8 Å². The zero-order valence-electron chi connectivity index (χ0n) is 9.52. The molecular weight excluding hydrogens is 200 g/mol. The minimum atomic E-state index is -0.379. The molecule has 0 spiro atoms. The molecule has 1 saturated heterocycles. The fourth-order valence-corrected chi connectivity index (χ4v) is 2.97. The average Bonchev–Trinajstić information content (AvgIpc) is 2.55. The molecule has 86 valence electrons. The van der Waals surface area contributed by atoms with E-state index in [0.717, 1.165) is 25.7 Å². The minimum absolute atomic E-state index is 0.0435. The Morgan fingerprint density at radius 2 is 1.94 bits per heavy atom. The van der Waals surface area contributed by atoms with E-state index in [9.17, 15) is 4.79 Å². The van der Waals surface area contributed by atoms with Crippen LogP contribution in [0.25, 0.3) is 0 Å². The number of rotatable bonds is 4. The van der Waals surface area contributed by atoms with Gasteiger partial charge in [-0.2, -0.15) is 0 Å². The maximum atomic E-state index is 11.8. The molecule has 2 nitrogen and oxygen atoms in total. The minimum Gasteiger partial charge on any atom is -0.458 e.